The van der Waals surface area contributed by atoms with Crippen LogP contribution in [0.5, 0.6) is 0 Å². The van der Waals surface area contributed by atoms with Crippen molar-refractivity contribution < 1.29 is 0 Å². The third-order valence-corrected chi connectivity index (χ3v) is 4.01. The lowest BCUT2D eigenvalue weighted by atomic mass is 10.1. The Bertz CT molecular complexity index is 139. The topological polar surface area (TPSA) is 15.3 Å². The van der Waals surface area contributed by atoms with Crippen molar-refractivity contribution in [3.05, 3.63) is 0 Å². The summed E-state index contributed by atoms with van der Waals surface area (Å²) in [5, 5.41) is 3.64. The van der Waals surface area contributed by atoms with Crippen LogP contribution in [0.15, 0.2) is 0 Å². The number of hydrogen-bond donors (Lipinski definition) is 1. The summed E-state index contributed by atoms with van der Waals surface area (Å²) in [6.07, 6.45) is 1.43. The van der Waals surface area contributed by atoms with Gasteiger partial charge in [-0.15, -0.1) is 0 Å². The minimum Gasteiger partial charge on any atom is -0.311 e. The van der Waals surface area contributed by atoms with Gasteiger partial charge in [0, 0.05) is 19.1 Å². The molecular weight excluding hydrogens is 168 g/mol. The van der Waals surface area contributed by atoms with E-state index in [-0.39, 0.29) is 0 Å². The summed E-state index contributed by atoms with van der Waals surface area (Å²) in [6, 6.07) is 0.792. The number of nitrogens with zero attached hydrogens (tertiary/aromatic N) is 1. The molecule has 0 radical (unpaired) electrons. The monoisotopic (exact) mass is 186 g/mol. The molecule has 0 bridgehead atoms. The maximum atomic E-state index is 3.64. The molecule has 1 N–H and O–H groups in total. The van der Waals surface area contributed by atoms with Gasteiger partial charge in [-0.05, 0) is 37.4 Å². The Morgan fingerprint density at radius 2 is 2.33 bits per heavy atom. The van der Waals surface area contributed by atoms with E-state index in [1.165, 1.54) is 37.6 Å². The van der Waals surface area contributed by atoms with Gasteiger partial charge in [-0.1, -0.05) is 0 Å². The molecule has 70 valence electrons. The zero-order valence-electron chi connectivity index (χ0n) is 7.75. The van der Waals surface area contributed by atoms with Crippen molar-refractivity contribution in [2.75, 3.05) is 38.2 Å². The van der Waals surface area contributed by atoms with Gasteiger partial charge < -0.3 is 10.2 Å². The van der Waals surface area contributed by atoms with E-state index in [0.29, 0.717) is 0 Å². The number of hydrogen-bond acceptors (Lipinski definition) is 3. The van der Waals surface area contributed by atoms with E-state index in [4.69, 9.17) is 0 Å². The summed E-state index contributed by atoms with van der Waals surface area (Å²) >= 11 is 2.11. The second-order valence-corrected chi connectivity index (χ2v) is 5.21. The van der Waals surface area contributed by atoms with Crippen molar-refractivity contribution in [1.82, 2.24) is 10.2 Å². The number of rotatable bonds is 3. The molecule has 3 heteroatoms. The van der Waals surface area contributed by atoms with Gasteiger partial charge in [0.25, 0.3) is 0 Å². The average molecular weight is 186 g/mol. The van der Waals surface area contributed by atoms with Gasteiger partial charge in [0.1, 0.15) is 0 Å². The van der Waals surface area contributed by atoms with Crippen molar-refractivity contribution in [3.8, 4) is 0 Å². The number of likely N-dealkylation sites (N-methyl/N-ethyl adjacent to an activating group) is 1. The third-order valence-electron chi connectivity index (χ3n) is 2.78. The summed E-state index contributed by atoms with van der Waals surface area (Å²) < 4.78 is 0. The van der Waals surface area contributed by atoms with E-state index < -0.39 is 0 Å². The van der Waals surface area contributed by atoms with Gasteiger partial charge in [-0.25, -0.2) is 0 Å². The Kier molecular flexibility index (Phi) is 2.94. The Hall–Kier alpha value is 0.270. The lowest BCUT2D eigenvalue weighted by molar-refractivity contribution is 0.158. The number of likely N-dealkylation sites (tertiary alicyclic amines) is 1. The molecule has 2 rings (SSSR count). The Morgan fingerprint density at radius 3 is 2.92 bits per heavy atom. The van der Waals surface area contributed by atoms with Crippen LogP contribution < -0.4 is 5.32 Å². The van der Waals surface area contributed by atoms with E-state index in [1.807, 2.05) is 0 Å². The van der Waals surface area contributed by atoms with Crippen molar-refractivity contribution in [2.24, 2.45) is 5.92 Å². The molecule has 0 aromatic heterocycles. The molecule has 2 aliphatic heterocycles. The molecule has 2 saturated heterocycles. The van der Waals surface area contributed by atoms with Crippen LogP contribution in [-0.4, -0.2) is 49.1 Å². The molecule has 0 aromatic rings. The maximum Gasteiger partial charge on any atom is 0.0322 e. The molecule has 0 aliphatic carbocycles. The first-order chi connectivity index (χ1) is 5.84. The Morgan fingerprint density at radius 1 is 1.50 bits per heavy atom. The molecule has 0 saturated carbocycles. The molecule has 0 aromatic carbocycles. The molecule has 1 unspecified atom stereocenters. The summed E-state index contributed by atoms with van der Waals surface area (Å²) in [5.74, 6) is 3.73. The molecule has 0 spiro atoms. The zero-order valence-corrected chi connectivity index (χ0v) is 8.57. The maximum absolute atomic E-state index is 3.64. The van der Waals surface area contributed by atoms with Crippen LogP contribution in [-0.2, 0) is 0 Å². The van der Waals surface area contributed by atoms with Crippen molar-refractivity contribution in [1.29, 1.82) is 0 Å². The molecule has 1 atom stereocenters. The molecule has 2 fully saturated rings. The summed E-state index contributed by atoms with van der Waals surface area (Å²) in [7, 11) is 2.18. The van der Waals surface area contributed by atoms with Crippen molar-refractivity contribution in [3.63, 3.8) is 0 Å². The first kappa shape index (κ1) is 8.85. The quantitative estimate of drug-likeness (QED) is 0.696. The van der Waals surface area contributed by atoms with Gasteiger partial charge in [-0.3, -0.25) is 0 Å². The summed E-state index contributed by atoms with van der Waals surface area (Å²) in [6.45, 7) is 3.76. The minimum absolute atomic E-state index is 0.792. The highest BCUT2D eigenvalue weighted by atomic mass is 32.2. The first-order valence-electron chi connectivity index (χ1n) is 4.84. The van der Waals surface area contributed by atoms with Gasteiger partial charge in [-0.2, -0.15) is 11.8 Å². The van der Waals surface area contributed by atoms with E-state index in [0.717, 1.165) is 12.0 Å². The SMILES string of the molecule is CN1CC(NCC2CCSC2)C1. The molecule has 2 heterocycles. The van der Waals surface area contributed by atoms with E-state index in [9.17, 15) is 0 Å². The first-order valence-corrected chi connectivity index (χ1v) is 6.00. The van der Waals surface area contributed by atoms with Crippen molar-refractivity contribution in [2.45, 2.75) is 12.5 Å². The highest BCUT2D eigenvalue weighted by Gasteiger charge is 2.24. The van der Waals surface area contributed by atoms with Gasteiger partial charge in [0.05, 0.1) is 0 Å². The van der Waals surface area contributed by atoms with Crippen LogP contribution in [0, 0.1) is 5.92 Å². The molecule has 12 heavy (non-hydrogen) atoms. The molecule has 2 nitrogen and oxygen atoms in total. The van der Waals surface area contributed by atoms with Crippen LogP contribution in [0.1, 0.15) is 6.42 Å². The smallest absolute Gasteiger partial charge is 0.0322 e. The predicted molar refractivity (Wildman–Crippen MR) is 54.7 cm³/mol. The average Bonchev–Trinajstić information content (AvgIpc) is 2.47. The van der Waals surface area contributed by atoms with Gasteiger partial charge in [0.15, 0.2) is 0 Å². The highest BCUT2D eigenvalue weighted by molar-refractivity contribution is 7.99. The third kappa shape index (κ3) is 2.15. The van der Waals surface area contributed by atoms with Crippen LogP contribution in [0.2, 0.25) is 0 Å². The standard InChI is InChI=1S/C9H18N2S/c1-11-5-9(6-11)10-4-8-2-3-12-7-8/h8-10H,2-7H2,1H3. The van der Waals surface area contributed by atoms with Gasteiger partial charge >= 0.3 is 0 Å². The Balaban J connectivity index is 1.56. The lowest BCUT2D eigenvalue weighted by Gasteiger charge is -2.37. The number of thioether (sulfide) groups is 1. The van der Waals surface area contributed by atoms with Crippen LogP contribution in [0.25, 0.3) is 0 Å². The predicted octanol–water partition coefficient (Wildman–Crippen LogP) is 0.643. The van der Waals surface area contributed by atoms with Crippen LogP contribution in [0.3, 0.4) is 0 Å². The van der Waals surface area contributed by atoms with E-state index in [1.54, 1.807) is 0 Å². The molecular formula is C9H18N2S. The fraction of sp³-hybridized carbons (Fsp3) is 1.00. The lowest BCUT2D eigenvalue weighted by Crippen LogP contribution is -2.56. The molecule has 2 aliphatic rings. The fourth-order valence-electron chi connectivity index (χ4n) is 1.91. The molecule has 0 amide bonds. The second kappa shape index (κ2) is 3.99. The fourth-order valence-corrected chi connectivity index (χ4v) is 3.19. The summed E-state index contributed by atoms with van der Waals surface area (Å²) in [5.41, 5.74) is 0. The van der Waals surface area contributed by atoms with E-state index in [2.05, 4.69) is 29.0 Å². The highest BCUT2D eigenvalue weighted by Crippen LogP contribution is 2.22. The van der Waals surface area contributed by atoms with Crippen LogP contribution in [0.4, 0.5) is 0 Å². The number of nitrogens with one attached hydrogen (secondary N) is 1. The van der Waals surface area contributed by atoms with Gasteiger partial charge in [0.2, 0.25) is 0 Å². The minimum atomic E-state index is 0.792. The zero-order chi connectivity index (χ0) is 8.39. The van der Waals surface area contributed by atoms with E-state index >= 15 is 0 Å². The summed E-state index contributed by atoms with van der Waals surface area (Å²) in [4.78, 5) is 2.36. The van der Waals surface area contributed by atoms with Crippen molar-refractivity contribution >= 4 is 11.8 Å². The Labute approximate surface area is 79.1 Å². The van der Waals surface area contributed by atoms with Crippen LogP contribution >= 0.6 is 11.8 Å². The largest absolute Gasteiger partial charge is 0.311 e. The second-order valence-electron chi connectivity index (χ2n) is 4.06. The normalized spacial score (nSPS) is 32.2.